The van der Waals surface area contributed by atoms with Crippen LogP contribution in [0.3, 0.4) is 0 Å². The Morgan fingerprint density at radius 2 is 2.07 bits per heavy atom. The van der Waals surface area contributed by atoms with Crippen LogP contribution in [-0.4, -0.2) is 32.0 Å². The van der Waals surface area contributed by atoms with Crippen molar-refractivity contribution in [2.45, 2.75) is 13.2 Å². The number of anilines is 1. The first-order chi connectivity index (χ1) is 7.15. The summed E-state index contributed by atoms with van der Waals surface area (Å²) in [4.78, 5) is 13.8. The number of methoxy groups -OCH3 is 2. The highest BCUT2D eigenvalue weighted by Gasteiger charge is 2.04. The topological polar surface area (TPSA) is 63.3 Å². The maximum absolute atomic E-state index is 11.1. The van der Waals surface area contributed by atoms with E-state index in [0.29, 0.717) is 6.54 Å². The van der Waals surface area contributed by atoms with Gasteiger partial charge in [0.05, 0.1) is 6.54 Å². The number of nitrogens with one attached hydrogen (secondary N) is 2. The number of hydrogen-bond donors (Lipinski definition) is 2. The zero-order chi connectivity index (χ0) is 11.3. The molecule has 0 aliphatic rings. The Kier molecular flexibility index (Phi) is 4.33. The van der Waals surface area contributed by atoms with Gasteiger partial charge in [-0.15, -0.1) is 0 Å². The van der Waals surface area contributed by atoms with E-state index in [-0.39, 0.29) is 11.8 Å². The van der Waals surface area contributed by atoms with E-state index in [9.17, 15) is 4.79 Å². The van der Waals surface area contributed by atoms with Crippen LogP contribution in [-0.2, 0) is 9.47 Å². The van der Waals surface area contributed by atoms with E-state index in [0.717, 1.165) is 11.4 Å². The molecule has 0 unspecified atom stereocenters. The standard InChI is InChI=1S/C10H16N2O3/c1-7-4-8(5-9(13)12-7)11-6-10(14-2)15-3/h4-5,10H,6H2,1-3H3,(H2,11,12,13). The molecule has 0 aliphatic heterocycles. The molecule has 0 fully saturated rings. The zero-order valence-corrected chi connectivity index (χ0v) is 9.16. The number of aryl methyl sites for hydroxylation is 1. The van der Waals surface area contributed by atoms with Crippen molar-refractivity contribution in [3.05, 3.63) is 28.2 Å². The van der Waals surface area contributed by atoms with Gasteiger partial charge in [-0.05, 0) is 13.0 Å². The van der Waals surface area contributed by atoms with Gasteiger partial charge < -0.3 is 19.8 Å². The molecule has 1 heterocycles. The van der Waals surface area contributed by atoms with Crippen LogP contribution < -0.4 is 10.9 Å². The van der Waals surface area contributed by atoms with E-state index < -0.39 is 0 Å². The average Bonchev–Trinajstić information content (AvgIpc) is 2.18. The summed E-state index contributed by atoms with van der Waals surface area (Å²) in [6.45, 7) is 2.33. The molecule has 0 saturated carbocycles. The smallest absolute Gasteiger partial charge is 0.250 e. The van der Waals surface area contributed by atoms with Crippen LogP contribution in [0.15, 0.2) is 16.9 Å². The van der Waals surface area contributed by atoms with Crippen LogP contribution in [0.4, 0.5) is 5.69 Å². The van der Waals surface area contributed by atoms with Gasteiger partial charge in [0.2, 0.25) is 5.56 Å². The van der Waals surface area contributed by atoms with Crippen molar-refractivity contribution in [2.24, 2.45) is 0 Å². The molecule has 0 aliphatic carbocycles. The van der Waals surface area contributed by atoms with Crippen molar-refractivity contribution in [1.29, 1.82) is 0 Å². The van der Waals surface area contributed by atoms with E-state index in [1.54, 1.807) is 14.2 Å². The number of rotatable bonds is 5. The number of ether oxygens (including phenoxy) is 2. The molecule has 84 valence electrons. The first-order valence-electron chi connectivity index (χ1n) is 4.66. The Morgan fingerprint density at radius 3 is 2.60 bits per heavy atom. The summed E-state index contributed by atoms with van der Waals surface area (Å²) in [7, 11) is 3.14. The van der Waals surface area contributed by atoms with Crippen molar-refractivity contribution in [3.63, 3.8) is 0 Å². The Hall–Kier alpha value is -1.33. The van der Waals surface area contributed by atoms with Gasteiger partial charge >= 0.3 is 0 Å². The summed E-state index contributed by atoms with van der Waals surface area (Å²) >= 11 is 0. The summed E-state index contributed by atoms with van der Waals surface area (Å²) in [5.41, 5.74) is 1.45. The summed E-state index contributed by atoms with van der Waals surface area (Å²) in [6, 6.07) is 3.35. The SMILES string of the molecule is COC(CNc1cc(C)[nH]c(=O)c1)OC. The monoisotopic (exact) mass is 212 g/mol. The molecule has 0 spiro atoms. The summed E-state index contributed by atoms with van der Waals surface area (Å²) in [5, 5.41) is 3.06. The molecule has 0 atom stereocenters. The van der Waals surface area contributed by atoms with Gasteiger partial charge in [0, 0.05) is 31.7 Å². The van der Waals surface area contributed by atoms with Crippen LogP contribution in [0.5, 0.6) is 0 Å². The van der Waals surface area contributed by atoms with Gasteiger partial charge in [0.25, 0.3) is 0 Å². The first-order valence-corrected chi connectivity index (χ1v) is 4.66. The van der Waals surface area contributed by atoms with Crippen molar-refractivity contribution < 1.29 is 9.47 Å². The molecule has 2 N–H and O–H groups in total. The molecule has 1 rings (SSSR count). The minimum atomic E-state index is -0.315. The lowest BCUT2D eigenvalue weighted by Gasteiger charge is -2.14. The third-order valence-electron chi connectivity index (χ3n) is 1.98. The highest BCUT2D eigenvalue weighted by molar-refractivity contribution is 5.42. The Bertz CT molecular complexity index is 358. The minimum Gasteiger partial charge on any atom is -0.380 e. The van der Waals surface area contributed by atoms with E-state index in [2.05, 4.69) is 10.3 Å². The van der Waals surface area contributed by atoms with Gasteiger partial charge in [-0.2, -0.15) is 0 Å². The summed E-state index contributed by atoms with van der Waals surface area (Å²) in [6.07, 6.45) is -0.315. The van der Waals surface area contributed by atoms with Crippen LogP contribution in [0.25, 0.3) is 0 Å². The summed E-state index contributed by atoms with van der Waals surface area (Å²) in [5.74, 6) is 0. The number of pyridine rings is 1. The molecule has 1 aromatic heterocycles. The van der Waals surface area contributed by atoms with E-state index in [1.807, 2.05) is 13.0 Å². The van der Waals surface area contributed by atoms with E-state index in [1.165, 1.54) is 6.07 Å². The van der Waals surface area contributed by atoms with E-state index >= 15 is 0 Å². The van der Waals surface area contributed by atoms with Gasteiger partial charge in [0.15, 0.2) is 6.29 Å². The maximum atomic E-state index is 11.1. The predicted octanol–water partition coefficient (Wildman–Crippen LogP) is 0.714. The number of aromatic amines is 1. The molecule has 0 saturated heterocycles. The quantitative estimate of drug-likeness (QED) is 0.706. The van der Waals surface area contributed by atoms with Crippen LogP contribution >= 0.6 is 0 Å². The summed E-state index contributed by atoms with van der Waals surface area (Å²) < 4.78 is 10.0. The molecule has 0 aromatic carbocycles. The second kappa shape index (κ2) is 5.53. The van der Waals surface area contributed by atoms with Gasteiger partial charge in [0.1, 0.15) is 0 Å². The van der Waals surface area contributed by atoms with Crippen molar-refractivity contribution in [2.75, 3.05) is 26.1 Å². The van der Waals surface area contributed by atoms with E-state index in [4.69, 9.17) is 9.47 Å². The number of aromatic nitrogens is 1. The van der Waals surface area contributed by atoms with Gasteiger partial charge in [-0.1, -0.05) is 0 Å². The molecular weight excluding hydrogens is 196 g/mol. The Labute approximate surface area is 88.4 Å². The minimum absolute atomic E-state index is 0.121. The Morgan fingerprint density at radius 1 is 1.40 bits per heavy atom. The molecule has 0 bridgehead atoms. The van der Waals surface area contributed by atoms with Crippen molar-refractivity contribution in [1.82, 2.24) is 4.98 Å². The van der Waals surface area contributed by atoms with Gasteiger partial charge in [-0.25, -0.2) is 0 Å². The third-order valence-corrected chi connectivity index (χ3v) is 1.98. The predicted molar refractivity (Wildman–Crippen MR) is 58.1 cm³/mol. The fourth-order valence-electron chi connectivity index (χ4n) is 1.25. The van der Waals surface area contributed by atoms with Crippen LogP contribution in [0.2, 0.25) is 0 Å². The van der Waals surface area contributed by atoms with Crippen molar-refractivity contribution >= 4 is 5.69 Å². The average molecular weight is 212 g/mol. The van der Waals surface area contributed by atoms with Gasteiger partial charge in [-0.3, -0.25) is 4.79 Å². The molecule has 5 nitrogen and oxygen atoms in total. The largest absolute Gasteiger partial charge is 0.380 e. The van der Waals surface area contributed by atoms with Crippen molar-refractivity contribution in [3.8, 4) is 0 Å². The molecule has 5 heteroatoms. The molecule has 0 radical (unpaired) electrons. The fourth-order valence-corrected chi connectivity index (χ4v) is 1.25. The second-order valence-electron chi connectivity index (χ2n) is 3.20. The maximum Gasteiger partial charge on any atom is 0.250 e. The zero-order valence-electron chi connectivity index (χ0n) is 9.16. The molecule has 1 aromatic rings. The third kappa shape index (κ3) is 3.73. The fraction of sp³-hybridized carbons (Fsp3) is 0.500. The van der Waals surface area contributed by atoms with Crippen LogP contribution in [0.1, 0.15) is 5.69 Å². The highest BCUT2D eigenvalue weighted by atomic mass is 16.7. The van der Waals surface area contributed by atoms with Crippen LogP contribution in [0, 0.1) is 6.92 Å². The lowest BCUT2D eigenvalue weighted by Crippen LogP contribution is -2.24. The number of hydrogen-bond acceptors (Lipinski definition) is 4. The highest BCUT2D eigenvalue weighted by Crippen LogP contribution is 2.04. The second-order valence-corrected chi connectivity index (χ2v) is 3.20. The molecular formula is C10H16N2O3. The lowest BCUT2D eigenvalue weighted by atomic mass is 10.3. The molecule has 15 heavy (non-hydrogen) atoms. The Balaban J connectivity index is 2.61. The lowest BCUT2D eigenvalue weighted by molar-refractivity contribution is -0.0914. The first kappa shape index (κ1) is 11.7. The number of H-pyrrole nitrogens is 1. The normalized spacial score (nSPS) is 10.7. The molecule has 0 amide bonds.